The molecule has 11 heteroatoms. The molecule has 11 nitrogen and oxygen atoms in total. The highest BCUT2D eigenvalue weighted by Crippen LogP contribution is 2.43. The number of aliphatic hydroxyl groups is 4. The van der Waals surface area contributed by atoms with Crippen molar-refractivity contribution < 1.29 is 48.9 Å². The van der Waals surface area contributed by atoms with Gasteiger partial charge in [0.25, 0.3) is 0 Å². The average Bonchev–Trinajstić information content (AvgIpc) is 2.84. The Hall–Kier alpha value is -3.35. The minimum atomic E-state index is -1.69. The van der Waals surface area contributed by atoms with E-state index >= 15 is 0 Å². The molecule has 1 aliphatic rings. The van der Waals surface area contributed by atoms with Gasteiger partial charge < -0.3 is 48.9 Å². The fourth-order valence-electron chi connectivity index (χ4n) is 3.77. The number of benzene rings is 2. The number of rotatable bonds is 6. The Bertz CT molecular complexity index is 1220. The molecule has 3 aromatic rings. The third-order valence-electron chi connectivity index (χ3n) is 5.66. The van der Waals surface area contributed by atoms with Crippen molar-refractivity contribution in [2.75, 3.05) is 20.8 Å². The lowest BCUT2D eigenvalue weighted by Gasteiger charge is -2.39. The van der Waals surface area contributed by atoms with Gasteiger partial charge in [0.05, 0.1) is 26.4 Å². The number of phenols is 1. The minimum absolute atomic E-state index is 0.0415. The molecule has 1 aliphatic heterocycles. The summed E-state index contributed by atoms with van der Waals surface area (Å²) in [4.78, 5) is 13.2. The van der Waals surface area contributed by atoms with Gasteiger partial charge >= 0.3 is 0 Å². The van der Waals surface area contributed by atoms with Gasteiger partial charge in [-0.2, -0.15) is 0 Å². The van der Waals surface area contributed by atoms with Gasteiger partial charge in [0.1, 0.15) is 47.4 Å². The number of hydrogen-bond acceptors (Lipinski definition) is 11. The van der Waals surface area contributed by atoms with E-state index in [0.29, 0.717) is 11.3 Å². The van der Waals surface area contributed by atoms with E-state index in [4.69, 9.17) is 23.4 Å². The van der Waals surface area contributed by atoms with Crippen molar-refractivity contribution in [1.29, 1.82) is 0 Å². The maximum absolute atomic E-state index is 13.2. The van der Waals surface area contributed by atoms with Crippen LogP contribution in [0.2, 0.25) is 0 Å². The maximum Gasteiger partial charge on any atom is 0.229 e. The second kappa shape index (κ2) is 9.49. The first-order valence-electron chi connectivity index (χ1n) is 10.3. The Morgan fingerprint density at radius 3 is 2.32 bits per heavy atom. The standard InChI is InChI=1S/C23H24O11/c1-30-11-5-3-10(4-6-11)12-9-32-13-7-14(22(31-2)19(27)16(13)17(12)25)33-23-21(29)20(28)18(26)15(8-24)34-23/h3-7,9,15,18,20-21,23-24,26-29H,8H2,1-2H3/t15-,18-,20+,21-,23-/m0/s1. The van der Waals surface area contributed by atoms with Crippen LogP contribution in [0.3, 0.4) is 0 Å². The summed E-state index contributed by atoms with van der Waals surface area (Å²) in [5, 5.41) is 50.2. The number of ether oxygens (including phenoxy) is 4. The lowest BCUT2D eigenvalue weighted by Crippen LogP contribution is -2.60. The Morgan fingerprint density at radius 2 is 1.71 bits per heavy atom. The highest BCUT2D eigenvalue weighted by Gasteiger charge is 2.45. The summed E-state index contributed by atoms with van der Waals surface area (Å²) in [5.41, 5.74) is 0.160. The Morgan fingerprint density at radius 1 is 1.00 bits per heavy atom. The van der Waals surface area contributed by atoms with Crippen LogP contribution in [0.4, 0.5) is 0 Å². The summed E-state index contributed by atoms with van der Waals surface area (Å²) >= 11 is 0. The number of aliphatic hydroxyl groups excluding tert-OH is 4. The van der Waals surface area contributed by atoms with Gasteiger partial charge in [0.2, 0.25) is 17.5 Å². The average molecular weight is 476 g/mol. The van der Waals surface area contributed by atoms with Crippen LogP contribution < -0.4 is 19.6 Å². The lowest BCUT2D eigenvalue weighted by molar-refractivity contribution is -0.277. The first kappa shape index (κ1) is 23.8. The van der Waals surface area contributed by atoms with E-state index in [2.05, 4.69) is 0 Å². The van der Waals surface area contributed by atoms with E-state index in [1.165, 1.54) is 26.5 Å². The van der Waals surface area contributed by atoms with Crippen molar-refractivity contribution in [2.24, 2.45) is 0 Å². The molecule has 1 saturated heterocycles. The lowest BCUT2D eigenvalue weighted by atomic mass is 9.99. The van der Waals surface area contributed by atoms with Gasteiger partial charge in [-0.15, -0.1) is 0 Å². The smallest absolute Gasteiger partial charge is 0.229 e. The topological polar surface area (TPSA) is 168 Å². The molecule has 0 spiro atoms. The highest BCUT2D eigenvalue weighted by molar-refractivity contribution is 5.91. The number of hydrogen-bond donors (Lipinski definition) is 5. The molecule has 0 aliphatic carbocycles. The van der Waals surface area contributed by atoms with E-state index in [1.54, 1.807) is 24.3 Å². The molecule has 0 unspecified atom stereocenters. The van der Waals surface area contributed by atoms with Gasteiger partial charge in [-0.1, -0.05) is 12.1 Å². The van der Waals surface area contributed by atoms with Crippen LogP contribution in [0.5, 0.6) is 23.0 Å². The molecule has 0 bridgehead atoms. The van der Waals surface area contributed by atoms with Gasteiger partial charge in [0, 0.05) is 6.07 Å². The molecule has 1 fully saturated rings. The second-order valence-electron chi connectivity index (χ2n) is 7.65. The SMILES string of the molecule is COc1ccc(-c2coc3cc(O[C@H]4O[C@@H](CO)[C@H](O)[C@@H](O)[C@@H]4O)c(OC)c(O)c3c2=O)cc1. The van der Waals surface area contributed by atoms with Crippen molar-refractivity contribution >= 4 is 11.0 Å². The molecule has 2 heterocycles. The molecule has 0 amide bonds. The Kier molecular flexibility index (Phi) is 6.64. The molecule has 0 saturated carbocycles. The second-order valence-corrected chi connectivity index (χ2v) is 7.65. The molecular formula is C23H24O11. The third-order valence-corrected chi connectivity index (χ3v) is 5.66. The zero-order valence-electron chi connectivity index (χ0n) is 18.2. The van der Waals surface area contributed by atoms with Crippen molar-refractivity contribution in [1.82, 2.24) is 0 Å². The van der Waals surface area contributed by atoms with Crippen LogP contribution in [0, 0.1) is 0 Å². The van der Waals surface area contributed by atoms with Gasteiger partial charge in [-0.3, -0.25) is 4.79 Å². The maximum atomic E-state index is 13.2. The van der Waals surface area contributed by atoms with E-state index in [9.17, 15) is 30.3 Å². The summed E-state index contributed by atoms with van der Waals surface area (Å²) < 4.78 is 26.9. The number of methoxy groups -OCH3 is 2. The summed E-state index contributed by atoms with van der Waals surface area (Å²) in [5.74, 6) is -0.377. The van der Waals surface area contributed by atoms with E-state index < -0.39 is 48.5 Å². The minimum Gasteiger partial charge on any atom is -0.504 e. The molecular weight excluding hydrogens is 452 g/mol. The molecule has 4 rings (SSSR count). The monoisotopic (exact) mass is 476 g/mol. The van der Waals surface area contributed by atoms with Crippen LogP contribution >= 0.6 is 0 Å². The van der Waals surface area contributed by atoms with Crippen molar-refractivity contribution in [3.63, 3.8) is 0 Å². The normalized spacial score (nSPS) is 24.7. The molecule has 0 radical (unpaired) electrons. The molecule has 5 N–H and O–H groups in total. The van der Waals surface area contributed by atoms with Gasteiger partial charge in [0.15, 0.2) is 11.5 Å². The molecule has 34 heavy (non-hydrogen) atoms. The zero-order valence-corrected chi connectivity index (χ0v) is 18.2. The quantitative estimate of drug-likeness (QED) is 0.333. The van der Waals surface area contributed by atoms with Gasteiger partial charge in [-0.05, 0) is 17.7 Å². The summed E-state index contributed by atoms with van der Waals surface area (Å²) in [6, 6.07) is 7.95. The summed E-state index contributed by atoms with van der Waals surface area (Å²) in [7, 11) is 2.75. The van der Waals surface area contributed by atoms with E-state index in [1.807, 2.05) is 0 Å². The van der Waals surface area contributed by atoms with Crippen molar-refractivity contribution in [2.45, 2.75) is 30.7 Å². The predicted octanol–water partition coefficient (Wildman–Crippen LogP) is 0.361. The first-order chi connectivity index (χ1) is 16.3. The molecule has 1 aromatic heterocycles. The van der Waals surface area contributed by atoms with E-state index in [-0.39, 0.29) is 28.0 Å². The Labute approximate surface area is 192 Å². The Balaban J connectivity index is 1.76. The van der Waals surface area contributed by atoms with Crippen LogP contribution in [-0.4, -0.2) is 77.1 Å². The van der Waals surface area contributed by atoms with Crippen LogP contribution in [0.15, 0.2) is 45.8 Å². The van der Waals surface area contributed by atoms with Crippen molar-refractivity contribution in [3.8, 4) is 34.1 Å². The number of phenolic OH excluding ortho intramolecular Hbond substituents is 1. The van der Waals surface area contributed by atoms with Crippen LogP contribution in [0.25, 0.3) is 22.1 Å². The fraction of sp³-hybridized carbons (Fsp3) is 0.348. The van der Waals surface area contributed by atoms with Crippen LogP contribution in [-0.2, 0) is 4.74 Å². The summed E-state index contributed by atoms with van der Waals surface area (Å²) in [6.07, 6.45) is -6.43. The zero-order chi connectivity index (χ0) is 24.6. The largest absolute Gasteiger partial charge is 0.504 e. The third kappa shape index (κ3) is 4.04. The van der Waals surface area contributed by atoms with Crippen LogP contribution in [0.1, 0.15) is 0 Å². The van der Waals surface area contributed by atoms with Gasteiger partial charge in [-0.25, -0.2) is 0 Å². The first-order valence-corrected chi connectivity index (χ1v) is 10.3. The summed E-state index contributed by atoms with van der Waals surface area (Å²) in [6.45, 7) is -0.645. The molecule has 5 atom stereocenters. The highest BCUT2D eigenvalue weighted by atomic mass is 16.7. The fourth-order valence-corrected chi connectivity index (χ4v) is 3.77. The number of fused-ring (bicyclic) bond motifs is 1. The predicted molar refractivity (Wildman–Crippen MR) is 117 cm³/mol. The van der Waals surface area contributed by atoms with Crippen molar-refractivity contribution in [3.05, 3.63) is 46.8 Å². The molecule has 2 aromatic carbocycles. The van der Waals surface area contributed by atoms with E-state index in [0.717, 1.165) is 0 Å². The number of aromatic hydroxyl groups is 1. The molecule has 182 valence electrons.